The van der Waals surface area contributed by atoms with Gasteiger partial charge >= 0.3 is 5.97 Å². The Labute approximate surface area is 221 Å². The summed E-state index contributed by atoms with van der Waals surface area (Å²) in [6.07, 6.45) is 0.934. The predicted molar refractivity (Wildman–Crippen MR) is 144 cm³/mol. The Bertz CT molecular complexity index is 1390. The number of benzene rings is 3. The maximum atomic E-state index is 15.0. The first-order chi connectivity index (χ1) is 18.3. The Kier molecular flexibility index (Phi) is 7.30. The SMILES string of the molecule is COC(=O)c1ccc2c(c1)CCC(c1ccc(F)c(F)c1F)=C2c1ccc(N2CCN(C(C)C)CC2)cc1. The summed E-state index contributed by atoms with van der Waals surface area (Å²) in [6.45, 7) is 8.29. The molecule has 4 nitrogen and oxygen atoms in total. The van der Waals surface area contributed by atoms with Crippen molar-refractivity contribution in [1.29, 1.82) is 0 Å². The van der Waals surface area contributed by atoms with Gasteiger partial charge in [-0.2, -0.15) is 0 Å². The van der Waals surface area contributed by atoms with Gasteiger partial charge in [-0.1, -0.05) is 18.2 Å². The van der Waals surface area contributed by atoms with Crippen molar-refractivity contribution in [1.82, 2.24) is 4.90 Å². The highest BCUT2D eigenvalue weighted by molar-refractivity contribution is 6.02. The van der Waals surface area contributed by atoms with Crippen molar-refractivity contribution in [3.05, 3.63) is 99.9 Å². The Morgan fingerprint density at radius 2 is 1.53 bits per heavy atom. The molecule has 1 heterocycles. The van der Waals surface area contributed by atoms with Crippen LogP contribution in [0.5, 0.6) is 0 Å². The lowest BCUT2D eigenvalue weighted by molar-refractivity contribution is 0.0600. The van der Waals surface area contributed by atoms with Gasteiger partial charge in [0.2, 0.25) is 0 Å². The van der Waals surface area contributed by atoms with Gasteiger partial charge in [0.25, 0.3) is 0 Å². The molecule has 0 saturated carbocycles. The second-order valence-corrected chi connectivity index (χ2v) is 10.1. The highest BCUT2D eigenvalue weighted by Crippen LogP contribution is 2.42. The maximum Gasteiger partial charge on any atom is 0.337 e. The molecule has 3 aromatic rings. The molecule has 38 heavy (non-hydrogen) atoms. The minimum atomic E-state index is -1.47. The molecule has 0 bridgehead atoms. The second kappa shape index (κ2) is 10.7. The number of hydrogen-bond acceptors (Lipinski definition) is 4. The van der Waals surface area contributed by atoms with E-state index in [1.54, 1.807) is 12.1 Å². The van der Waals surface area contributed by atoms with Crippen LogP contribution in [0.3, 0.4) is 0 Å². The molecule has 0 atom stereocenters. The third-order valence-electron chi connectivity index (χ3n) is 7.67. The van der Waals surface area contributed by atoms with Gasteiger partial charge in [0.1, 0.15) is 0 Å². The molecule has 0 aromatic heterocycles. The number of hydrogen-bond donors (Lipinski definition) is 0. The van der Waals surface area contributed by atoms with Gasteiger partial charge in [-0.05, 0) is 90.9 Å². The van der Waals surface area contributed by atoms with Crippen LogP contribution in [0.4, 0.5) is 18.9 Å². The summed E-state index contributed by atoms with van der Waals surface area (Å²) in [6, 6.07) is 16.2. The number of piperazine rings is 1. The largest absolute Gasteiger partial charge is 0.465 e. The number of anilines is 1. The van der Waals surface area contributed by atoms with E-state index in [0.29, 0.717) is 30.0 Å². The van der Waals surface area contributed by atoms with Gasteiger partial charge in [-0.25, -0.2) is 18.0 Å². The van der Waals surface area contributed by atoms with E-state index in [4.69, 9.17) is 4.74 Å². The number of carbonyl (C=O) groups excluding carboxylic acids is 1. The molecule has 1 aliphatic carbocycles. The Morgan fingerprint density at radius 1 is 0.842 bits per heavy atom. The van der Waals surface area contributed by atoms with Crippen molar-refractivity contribution >= 4 is 22.8 Å². The minimum Gasteiger partial charge on any atom is -0.465 e. The maximum absolute atomic E-state index is 15.0. The van der Waals surface area contributed by atoms with E-state index in [-0.39, 0.29) is 5.56 Å². The van der Waals surface area contributed by atoms with Gasteiger partial charge in [0, 0.05) is 43.5 Å². The zero-order valence-corrected chi connectivity index (χ0v) is 21.9. The average Bonchev–Trinajstić information content (AvgIpc) is 2.95. The van der Waals surface area contributed by atoms with Crippen molar-refractivity contribution in [2.45, 2.75) is 32.7 Å². The lowest BCUT2D eigenvalue weighted by Crippen LogP contribution is -2.48. The van der Waals surface area contributed by atoms with Gasteiger partial charge in [-0.3, -0.25) is 4.90 Å². The summed E-state index contributed by atoms with van der Waals surface area (Å²) in [7, 11) is 1.33. The van der Waals surface area contributed by atoms with E-state index in [9.17, 15) is 13.6 Å². The molecule has 198 valence electrons. The first-order valence-electron chi connectivity index (χ1n) is 13.0. The number of halogens is 3. The second-order valence-electron chi connectivity index (χ2n) is 10.1. The van der Waals surface area contributed by atoms with Gasteiger partial charge < -0.3 is 9.64 Å². The monoisotopic (exact) mass is 520 g/mol. The van der Waals surface area contributed by atoms with E-state index < -0.39 is 23.4 Å². The molecule has 0 amide bonds. The molecular formula is C31H31F3N2O2. The summed E-state index contributed by atoms with van der Waals surface area (Å²) >= 11 is 0. The number of fused-ring (bicyclic) bond motifs is 1. The molecule has 0 N–H and O–H groups in total. The molecular weight excluding hydrogens is 489 g/mol. The topological polar surface area (TPSA) is 32.8 Å². The van der Waals surface area contributed by atoms with E-state index in [2.05, 4.69) is 35.8 Å². The summed E-state index contributed by atoms with van der Waals surface area (Å²) in [5, 5.41) is 0. The van der Waals surface area contributed by atoms with Crippen molar-refractivity contribution in [3.63, 3.8) is 0 Å². The third-order valence-corrected chi connectivity index (χ3v) is 7.67. The van der Waals surface area contributed by atoms with Crippen molar-refractivity contribution in [2.24, 2.45) is 0 Å². The van der Waals surface area contributed by atoms with E-state index in [1.165, 1.54) is 13.2 Å². The first kappa shape index (κ1) is 26.0. The smallest absolute Gasteiger partial charge is 0.337 e. The van der Waals surface area contributed by atoms with Crippen LogP contribution in [0, 0.1) is 17.5 Å². The molecule has 1 fully saturated rings. The zero-order valence-electron chi connectivity index (χ0n) is 21.9. The molecule has 0 radical (unpaired) electrons. The highest BCUT2D eigenvalue weighted by atomic mass is 19.2. The summed E-state index contributed by atoms with van der Waals surface area (Å²) < 4.78 is 47.9. The van der Waals surface area contributed by atoms with E-state index >= 15 is 4.39 Å². The standard InChI is InChI=1S/C31H31F3N2O2/c1-19(2)35-14-16-36(17-15-35)23-8-4-20(5-9-23)28-24-10-7-22(31(37)38-3)18-21(24)6-11-25(28)26-12-13-27(32)30(34)29(26)33/h4-5,7-10,12-13,18-19H,6,11,14-17H2,1-3H3. The van der Waals surface area contributed by atoms with Crippen molar-refractivity contribution in [2.75, 3.05) is 38.2 Å². The molecule has 0 unspecified atom stereocenters. The zero-order chi connectivity index (χ0) is 27.0. The molecule has 5 rings (SSSR count). The number of esters is 1. The van der Waals surface area contributed by atoms with Crippen LogP contribution in [0.1, 0.15) is 52.9 Å². The van der Waals surface area contributed by atoms with Gasteiger partial charge in [-0.15, -0.1) is 0 Å². The van der Waals surface area contributed by atoms with Crippen molar-refractivity contribution in [3.8, 4) is 0 Å². The Balaban J connectivity index is 1.58. The summed E-state index contributed by atoms with van der Waals surface area (Å²) in [4.78, 5) is 16.9. The molecule has 3 aromatic carbocycles. The molecule has 7 heteroatoms. The van der Waals surface area contributed by atoms with Crippen LogP contribution >= 0.6 is 0 Å². The fraction of sp³-hybridized carbons (Fsp3) is 0.323. The fourth-order valence-corrected chi connectivity index (χ4v) is 5.53. The van der Waals surface area contributed by atoms with Crippen LogP contribution in [0.15, 0.2) is 54.6 Å². The Morgan fingerprint density at radius 3 is 2.18 bits per heavy atom. The quantitative estimate of drug-likeness (QED) is 0.291. The highest BCUT2D eigenvalue weighted by Gasteiger charge is 2.27. The number of carbonyl (C=O) groups is 1. The van der Waals surface area contributed by atoms with Gasteiger partial charge in [0.15, 0.2) is 17.5 Å². The minimum absolute atomic E-state index is 0.0514. The summed E-state index contributed by atoms with van der Waals surface area (Å²) in [5.74, 6) is -4.31. The lowest BCUT2D eigenvalue weighted by atomic mass is 9.79. The van der Waals surface area contributed by atoms with E-state index in [1.807, 2.05) is 18.2 Å². The number of allylic oxidation sites excluding steroid dienone is 1. The molecule has 2 aliphatic rings. The molecule has 1 saturated heterocycles. The third kappa shape index (κ3) is 4.83. The van der Waals surface area contributed by atoms with Crippen molar-refractivity contribution < 1.29 is 22.7 Å². The summed E-state index contributed by atoms with van der Waals surface area (Å²) in [5.41, 5.74) is 5.56. The fourth-order valence-electron chi connectivity index (χ4n) is 5.53. The van der Waals surface area contributed by atoms with Crippen LogP contribution in [0.2, 0.25) is 0 Å². The number of rotatable bonds is 5. The number of methoxy groups -OCH3 is 1. The predicted octanol–water partition coefficient (Wildman–Crippen LogP) is 6.33. The van der Waals surface area contributed by atoms with E-state index in [0.717, 1.165) is 60.2 Å². The molecule has 1 aliphatic heterocycles. The van der Waals surface area contributed by atoms with Crippen LogP contribution in [-0.2, 0) is 11.2 Å². The lowest BCUT2D eigenvalue weighted by Gasteiger charge is -2.38. The number of ether oxygens (including phenoxy) is 1. The number of nitrogens with zero attached hydrogens (tertiary/aromatic N) is 2. The van der Waals surface area contributed by atoms with Crippen LogP contribution < -0.4 is 4.90 Å². The Hall–Kier alpha value is -3.58. The van der Waals surface area contributed by atoms with Crippen LogP contribution in [0.25, 0.3) is 11.1 Å². The number of aryl methyl sites for hydroxylation is 1. The first-order valence-corrected chi connectivity index (χ1v) is 13.0. The molecule has 0 spiro atoms. The van der Waals surface area contributed by atoms with Gasteiger partial charge in [0.05, 0.1) is 12.7 Å². The normalized spacial score (nSPS) is 16.1. The average molecular weight is 521 g/mol. The van der Waals surface area contributed by atoms with Crippen LogP contribution in [-0.4, -0.2) is 50.2 Å².